The summed E-state index contributed by atoms with van der Waals surface area (Å²) >= 11 is 0. The quantitative estimate of drug-likeness (QED) is 0.481. The van der Waals surface area contributed by atoms with Crippen LogP contribution < -0.4 is 18.9 Å². The average Bonchev–Trinajstić information content (AvgIpc) is 3.39. The number of benzene rings is 2. The van der Waals surface area contributed by atoms with Crippen LogP contribution in [-0.2, 0) is 0 Å². The molecule has 0 aromatic heterocycles. The van der Waals surface area contributed by atoms with E-state index >= 15 is 0 Å². The third-order valence-electron chi connectivity index (χ3n) is 5.40. The molecular weight excluding hydrogens is 382 g/mol. The van der Waals surface area contributed by atoms with Crippen LogP contribution in [0.2, 0.25) is 0 Å². The van der Waals surface area contributed by atoms with E-state index in [0.717, 1.165) is 18.5 Å². The van der Waals surface area contributed by atoms with Crippen molar-refractivity contribution in [2.45, 2.75) is 19.3 Å². The number of allylic oxidation sites excluding steroid dienone is 1. The maximum atomic E-state index is 12.7. The molecule has 6 heteroatoms. The van der Waals surface area contributed by atoms with Crippen LogP contribution in [0.5, 0.6) is 23.0 Å². The number of carbonyl (C=O) groups excluding carboxylic acids is 1. The van der Waals surface area contributed by atoms with Crippen molar-refractivity contribution in [2.24, 2.45) is 0 Å². The van der Waals surface area contributed by atoms with Gasteiger partial charge in [0.15, 0.2) is 5.76 Å². The lowest BCUT2D eigenvalue weighted by molar-refractivity contribution is 0.101. The molecule has 158 valence electrons. The number of nitrogens with zero attached hydrogens (tertiary/aromatic N) is 1. The van der Waals surface area contributed by atoms with E-state index in [1.807, 2.05) is 18.2 Å². The zero-order valence-electron chi connectivity index (χ0n) is 17.5. The van der Waals surface area contributed by atoms with Gasteiger partial charge in [0.1, 0.15) is 23.0 Å². The zero-order chi connectivity index (χ0) is 20.9. The molecule has 1 fully saturated rings. The summed E-state index contributed by atoms with van der Waals surface area (Å²) in [7, 11) is 3.18. The first kappa shape index (κ1) is 20.3. The average molecular weight is 409 g/mol. The van der Waals surface area contributed by atoms with Crippen LogP contribution in [0.3, 0.4) is 0 Å². The molecule has 0 saturated carbocycles. The number of ketones is 1. The topological polar surface area (TPSA) is 57.2 Å². The van der Waals surface area contributed by atoms with Gasteiger partial charge in [-0.1, -0.05) is 0 Å². The second-order valence-electron chi connectivity index (χ2n) is 7.49. The lowest BCUT2D eigenvalue weighted by atomic mass is 10.1. The molecular formula is C24H27NO5. The summed E-state index contributed by atoms with van der Waals surface area (Å²) in [5.41, 5.74) is 1.31. The van der Waals surface area contributed by atoms with Gasteiger partial charge in [0.25, 0.3) is 0 Å². The monoisotopic (exact) mass is 409 g/mol. The summed E-state index contributed by atoms with van der Waals surface area (Å²) in [6.07, 6.45) is 5.29. The van der Waals surface area contributed by atoms with E-state index < -0.39 is 0 Å². The minimum absolute atomic E-state index is 0.146. The van der Waals surface area contributed by atoms with Gasteiger partial charge >= 0.3 is 0 Å². The Balaban J connectivity index is 1.42. The molecule has 2 aliphatic rings. The normalized spacial score (nSPS) is 17.1. The van der Waals surface area contributed by atoms with Crippen molar-refractivity contribution in [2.75, 3.05) is 40.5 Å². The van der Waals surface area contributed by atoms with Crippen molar-refractivity contribution in [3.05, 3.63) is 53.3 Å². The summed E-state index contributed by atoms with van der Waals surface area (Å²) in [5.74, 6) is 2.66. The number of rotatable bonds is 8. The molecule has 1 saturated heterocycles. The number of ether oxygens (including phenoxy) is 4. The van der Waals surface area contributed by atoms with Gasteiger partial charge in [0, 0.05) is 18.7 Å². The van der Waals surface area contributed by atoms with Crippen LogP contribution in [-0.4, -0.2) is 51.1 Å². The number of carbonyl (C=O) groups is 1. The molecule has 0 amide bonds. The van der Waals surface area contributed by atoms with Crippen LogP contribution in [0, 0.1) is 0 Å². The third kappa shape index (κ3) is 4.60. The molecule has 0 bridgehead atoms. The smallest absolute Gasteiger partial charge is 0.231 e. The standard InChI is InChI=1S/C24H27NO5/c1-27-19-12-17(13-20(15-19)28-2)14-23-24(26)21-7-6-18(16-22(21)30-23)29-11-5-10-25-8-3-4-9-25/h6-7,12-16H,3-5,8-11H2,1-2H3/b23-14-. The fraction of sp³-hybridized carbons (Fsp3) is 0.375. The van der Waals surface area contributed by atoms with Crippen LogP contribution in [0.1, 0.15) is 35.2 Å². The van der Waals surface area contributed by atoms with Crippen LogP contribution in [0.25, 0.3) is 6.08 Å². The van der Waals surface area contributed by atoms with Crippen molar-refractivity contribution in [3.8, 4) is 23.0 Å². The number of methoxy groups -OCH3 is 2. The highest BCUT2D eigenvalue weighted by atomic mass is 16.5. The Morgan fingerprint density at radius 3 is 2.43 bits per heavy atom. The largest absolute Gasteiger partial charge is 0.497 e. The predicted molar refractivity (Wildman–Crippen MR) is 115 cm³/mol. The van der Waals surface area contributed by atoms with E-state index in [2.05, 4.69) is 4.90 Å². The van der Waals surface area contributed by atoms with Gasteiger partial charge in [-0.25, -0.2) is 0 Å². The molecule has 0 N–H and O–H groups in total. The maximum Gasteiger partial charge on any atom is 0.231 e. The Morgan fingerprint density at radius 1 is 1.00 bits per heavy atom. The SMILES string of the molecule is COc1cc(/C=C2\Oc3cc(OCCCN4CCCC4)ccc3C2=O)cc(OC)c1. The van der Waals surface area contributed by atoms with Gasteiger partial charge in [0.05, 0.1) is 26.4 Å². The zero-order valence-corrected chi connectivity index (χ0v) is 17.5. The summed E-state index contributed by atoms with van der Waals surface area (Å²) < 4.78 is 22.3. The van der Waals surface area contributed by atoms with Gasteiger partial charge in [-0.15, -0.1) is 0 Å². The van der Waals surface area contributed by atoms with Crippen molar-refractivity contribution < 1.29 is 23.7 Å². The molecule has 2 aromatic rings. The Morgan fingerprint density at radius 2 is 1.73 bits per heavy atom. The third-order valence-corrected chi connectivity index (χ3v) is 5.40. The number of hydrogen-bond donors (Lipinski definition) is 0. The number of hydrogen-bond acceptors (Lipinski definition) is 6. The minimum Gasteiger partial charge on any atom is -0.497 e. The highest BCUT2D eigenvalue weighted by molar-refractivity contribution is 6.14. The first-order valence-electron chi connectivity index (χ1n) is 10.3. The van der Waals surface area contributed by atoms with E-state index in [-0.39, 0.29) is 11.5 Å². The summed E-state index contributed by atoms with van der Waals surface area (Å²) in [6, 6.07) is 10.8. The second-order valence-corrected chi connectivity index (χ2v) is 7.49. The Labute approximate surface area is 177 Å². The minimum atomic E-state index is -0.146. The van der Waals surface area contributed by atoms with Crippen molar-refractivity contribution in [1.29, 1.82) is 0 Å². The summed E-state index contributed by atoms with van der Waals surface area (Å²) in [4.78, 5) is 15.2. The summed E-state index contributed by atoms with van der Waals surface area (Å²) in [5, 5.41) is 0. The molecule has 4 rings (SSSR count). The Bertz CT molecular complexity index is 924. The fourth-order valence-electron chi connectivity index (χ4n) is 3.81. The highest BCUT2D eigenvalue weighted by Gasteiger charge is 2.28. The molecule has 2 aromatic carbocycles. The second kappa shape index (κ2) is 9.22. The molecule has 0 spiro atoms. The van der Waals surface area contributed by atoms with E-state index in [0.29, 0.717) is 35.2 Å². The van der Waals surface area contributed by atoms with E-state index in [4.69, 9.17) is 18.9 Å². The van der Waals surface area contributed by atoms with Crippen LogP contribution in [0.4, 0.5) is 0 Å². The Hall–Kier alpha value is -2.99. The highest BCUT2D eigenvalue weighted by Crippen LogP contribution is 2.35. The summed E-state index contributed by atoms with van der Waals surface area (Å²) in [6.45, 7) is 4.11. The molecule has 2 aliphatic heterocycles. The first-order valence-corrected chi connectivity index (χ1v) is 10.3. The number of fused-ring (bicyclic) bond motifs is 1. The number of Topliss-reactive ketones (excluding diaryl/α,β-unsaturated/α-hetero) is 1. The van der Waals surface area contributed by atoms with Gasteiger partial charge < -0.3 is 23.8 Å². The lowest BCUT2D eigenvalue weighted by Crippen LogP contribution is -2.21. The van der Waals surface area contributed by atoms with Crippen molar-refractivity contribution in [3.63, 3.8) is 0 Å². The van der Waals surface area contributed by atoms with E-state index in [1.54, 1.807) is 38.5 Å². The van der Waals surface area contributed by atoms with Crippen LogP contribution >= 0.6 is 0 Å². The van der Waals surface area contributed by atoms with Crippen molar-refractivity contribution in [1.82, 2.24) is 4.90 Å². The van der Waals surface area contributed by atoms with Gasteiger partial charge in [0.2, 0.25) is 5.78 Å². The number of likely N-dealkylation sites (tertiary alicyclic amines) is 1. The van der Waals surface area contributed by atoms with Gasteiger partial charge in [-0.05, 0) is 68.3 Å². The predicted octanol–water partition coefficient (Wildman–Crippen LogP) is 4.18. The first-order chi connectivity index (χ1) is 14.7. The van der Waals surface area contributed by atoms with Crippen LogP contribution in [0.15, 0.2) is 42.2 Å². The molecule has 0 atom stereocenters. The van der Waals surface area contributed by atoms with E-state index in [1.165, 1.54) is 25.9 Å². The maximum absolute atomic E-state index is 12.7. The molecule has 2 heterocycles. The Kier molecular flexibility index (Phi) is 6.23. The van der Waals surface area contributed by atoms with Gasteiger partial charge in [-0.3, -0.25) is 4.79 Å². The molecule has 30 heavy (non-hydrogen) atoms. The molecule has 0 unspecified atom stereocenters. The lowest BCUT2D eigenvalue weighted by Gasteiger charge is -2.14. The van der Waals surface area contributed by atoms with Crippen molar-refractivity contribution >= 4 is 11.9 Å². The molecule has 6 nitrogen and oxygen atoms in total. The molecule has 0 radical (unpaired) electrons. The fourth-order valence-corrected chi connectivity index (χ4v) is 3.81. The van der Waals surface area contributed by atoms with E-state index in [9.17, 15) is 4.79 Å². The molecule has 0 aliphatic carbocycles. The van der Waals surface area contributed by atoms with Gasteiger partial charge in [-0.2, -0.15) is 0 Å².